The molecule has 0 saturated heterocycles. The summed E-state index contributed by atoms with van der Waals surface area (Å²) in [5.41, 5.74) is -6.14. The van der Waals surface area contributed by atoms with Crippen molar-refractivity contribution >= 4 is 23.9 Å². The Labute approximate surface area is 246 Å². The zero-order valence-electron chi connectivity index (χ0n) is 26.9. The minimum Gasteiger partial charge on any atom is -0.481 e. The summed E-state index contributed by atoms with van der Waals surface area (Å²) in [6.07, 6.45) is 6.14. The number of carbonyl (C=O) groups is 4. The predicted molar refractivity (Wildman–Crippen MR) is 156 cm³/mol. The van der Waals surface area contributed by atoms with Crippen molar-refractivity contribution in [3.05, 3.63) is 12.7 Å². The normalized spacial score (nSPS) is 19.1. The zero-order chi connectivity index (χ0) is 31.7. The molecule has 0 heterocycles. The van der Waals surface area contributed by atoms with Crippen molar-refractivity contribution < 1.29 is 43.2 Å². The van der Waals surface area contributed by atoms with Crippen LogP contribution in [0.2, 0.25) is 0 Å². The number of esters is 3. The average molecular weight is 583 g/mol. The van der Waals surface area contributed by atoms with E-state index in [1.54, 1.807) is 48.5 Å². The van der Waals surface area contributed by atoms with Crippen LogP contribution < -0.4 is 0 Å². The molecule has 1 saturated carbocycles. The fourth-order valence-electron chi connectivity index (χ4n) is 5.82. The molecule has 0 aromatic carbocycles. The van der Waals surface area contributed by atoms with E-state index in [0.717, 1.165) is 32.1 Å². The Kier molecular flexibility index (Phi) is 13.1. The summed E-state index contributed by atoms with van der Waals surface area (Å²) >= 11 is 0. The van der Waals surface area contributed by atoms with Gasteiger partial charge in [-0.05, 0) is 106 Å². The van der Waals surface area contributed by atoms with E-state index in [0.29, 0.717) is 6.42 Å². The molecule has 1 N–H and O–H groups in total. The molecule has 41 heavy (non-hydrogen) atoms. The van der Waals surface area contributed by atoms with Crippen LogP contribution >= 0.6 is 0 Å². The van der Waals surface area contributed by atoms with Crippen LogP contribution in [-0.2, 0) is 38.1 Å². The lowest BCUT2D eigenvalue weighted by Crippen LogP contribution is -2.47. The highest BCUT2D eigenvalue weighted by Gasteiger charge is 2.53. The van der Waals surface area contributed by atoms with Gasteiger partial charge in [0.2, 0.25) is 0 Å². The van der Waals surface area contributed by atoms with Gasteiger partial charge in [0, 0.05) is 7.11 Å². The molecule has 0 spiro atoms. The SMILES string of the molecule is C=CC(C)(C)OC(=O)C(C)(CC)CC(C)(CC(C)(CC(C)(C)C(=O)OC1CCCCC1)C(=O)OCCOC)C(=O)O. The maximum absolute atomic E-state index is 13.6. The fourth-order valence-corrected chi connectivity index (χ4v) is 5.82. The van der Waals surface area contributed by atoms with Crippen molar-refractivity contribution in [1.82, 2.24) is 0 Å². The number of hydrogen-bond donors (Lipinski definition) is 1. The molecule has 0 bridgehead atoms. The van der Waals surface area contributed by atoms with Gasteiger partial charge in [0.25, 0.3) is 0 Å². The number of hydrogen-bond acceptors (Lipinski definition) is 8. The number of carbonyl (C=O) groups excluding carboxylic acids is 3. The number of methoxy groups -OCH3 is 1. The predicted octanol–water partition coefficient (Wildman–Crippen LogP) is 6.27. The molecule has 3 unspecified atom stereocenters. The Morgan fingerprint density at radius 3 is 1.85 bits per heavy atom. The molecule has 9 nitrogen and oxygen atoms in total. The summed E-state index contributed by atoms with van der Waals surface area (Å²) < 4.78 is 22.1. The largest absolute Gasteiger partial charge is 0.481 e. The lowest BCUT2D eigenvalue weighted by molar-refractivity contribution is -0.173. The van der Waals surface area contributed by atoms with E-state index in [4.69, 9.17) is 18.9 Å². The molecule has 1 fully saturated rings. The van der Waals surface area contributed by atoms with Crippen molar-refractivity contribution in [3.8, 4) is 0 Å². The lowest BCUT2D eigenvalue weighted by atomic mass is 9.61. The van der Waals surface area contributed by atoms with Gasteiger partial charge in [-0.1, -0.05) is 19.9 Å². The number of carboxylic acids is 1. The van der Waals surface area contributed by atoms with Crippen LogP contribution in [-0.4, -0.2) is 61.0 Å². The average Bonchev–Trinajstić information content (AvgIpc) is 2.88. The highest BCUT2D eigenvalue weighted by Crippen LogP contribution is 2.49. The first-order valence-electron chi connectivity index (χ1n) is 14.8. The quantitative estimate of drug-likeness (QED) is 0.0914. The minimum atomic E-state index is -1.54. The third kappa shape index (κ3) is 10.4. The van der Waals surface area contributed by atoms with Crippen molar-refractivity contribution in [1.29, 1.82) is 0 Å². The highest BCUT2D eigenvalue weighted by atomic mass is 16.6. The van der Waals surface area contributed by atoms with Crippen molar-refractivity contribution in [2.45, 2.75) is 125 Å². The van der Waals surface area contributed by atoms with Crippen LogP contribution in [0.4, 0.5) is 0 Å². The smallest absolute Gasteiger partial charge is 0.312 e. The lowest BCUT2D eigenvalue weighted by Gasteiger charge is -2.42. The second-order valence-corrected chi connectivity index (χ2v) is 13.7. The number of ether oxygens (including phenoxy) is 4. The molecule has 9 heteroatoms. The van der Waals surface area contributed by atoms with E-state index < -0.39 is 51.1 Å². The van der Waals surface area contributed by atoms with E-state index in [1.807, 2.05) is 0 Å². The van der Waals surface area contributed by atoms with Gasteiger partial charge in [-0.25, -0.2) is 0 Å². The van der Waals surface area contributed by atoms with Crippen LogP contribution in [0.25, 0.3) is 0 Å². The van der Waals surface area contributed by atoms with Crippen molar-refractivity contribution in [3.63, 3.8) is 0 Å². The number of aliphatic carboxylic acids is 1. The van der Waals surface area contributed by atoms with E-state index in [2.05, 4.69) is 6.58 Å². The monoisotopic (exact) mass is 582 g/mol. The van der Waals surface area contributed by atoms with E-state index in [9.17, 15) is 24.3 Å². The maximum Gasteiger partial charge on any atom is 0.312 e. The van der Waals surface area contributed by atoms with Gasteiger partial charge in [0.1, 0.15) is 18.3 Å². The molecule has 3 atom stereocenters. The highest BCUT2D eigenvalue weighted by molar-refractivity contribution is 5.83. The zero-order valence-corrected chi connectivity index (χ0v) is 26.9. The van der Waals surface area contributed by atoms with Crippen LogP contribution in [0.3, 0.4) is 0 Å². The Bertz CT molecular complexity index is 933. The summed E-state index contributed by atoms with van der Waals surface area (Å²) in [5, 5.41) is 10.5. The summed E-state index contributed by atoms with van der Waals surface area (Å²) in [6.45, 7) is 17.3. The van der Waals surface area contributed by atoms with Gasteiger partial charge in [0.05, 0.1) is 28.3 Å². The molecule has 1 aliphatic carbocycles. The van der Waals surface area contributed by atoms with Gasteiger partial charge in [0.15, 0.2) is 0 Å². The van der Waals surface area contributed by atoms with Gasteiger partial charge in [-0.2, -0.15) is 0 Å². The molecule has 1 rings (SSSR count). The molecule has 0 aliphatic heterocycles. The first-order chi connectivity index (χ1) is 18.8. The molecular formula is C32H54O9. The molecular weight excluding hydrogens is 528 g/mol. The first kappa shape index (κ1) is 36.6. The maximum atomic E-state index is 13.6. The fraction of sp³-hybridized carbons (Fsp3) is 0.812. The van der Waals surface area contributed by atoms with Crippen molar-refractivity contribution in [2.24, 2.45) is 21.7 Å². The Balaban J connectivity index is 3.40. The Morgan fingerprint density at radius 2 is 1.37 bits per heavy atom. The summed E-state index contributed by atoms with van der Waals surface area (Å²) in [4.78, 5) is 53.1. The third-order valence-corrected chi connectivity index (χ3v) is 8.42. The van der Waals surface area contributed by atoms with Crippen LogP contribution in [0.1, 0.15) is 113 Å². The second kappa shape index (κ2) is 14.7. The summed E-state index contributed by atoms with van der Waals surface area (Å²) in [7, 11) is 1.48. The van der Waals surface area contributed by atoms with E-state index in [-0.39, 0.29) is 38.6 Å². The molecule has 0 aromatic heterocycles. The number of carboxylic acid groups (broad SMARTS) is 1. The van der Waals surface area contributed by atoms with Gasteiger partial charge < -0.3 is 24.1 Å². The molecule has 236 valence electrons. The molecule has 0 radical (unpaired) electrons. The first-order valence-corrected chi connectivity index (χ1v) is 14.8. The van der Waals surface area contributed by atoms with Crippen LogP contribution in [0.5, 0.6) is 0 Å². The van der Waals surface area contributed by atoms with Crippen molar-refractivity contribution in [2.75, 3.05) is 20.3 Å². The summed E-state index contributed by atoms with van der Waals surface area (Å²) in [5.74, 6) is -2.76. The molecule has 1 aliphatic rings. The summed E-state index contributed by atoms with van der Waals surface area (Å²) in [6, 6.07) is 0. The molecule has 0 aromatic rings. The van der Waals surface area contributed by atoms with Gasteiger partial charge >= 0.3 is 23.9 Å². The third-order valence-electron chi connectivity index (χ3n) is 8.42. The topological polar surface area (TPSA) is 125 Å². The minimum absolute atomic E-state index is 0.00296. The van der Waals surface area contributed by atoms with Gasteiger partial charge in [-0.15, -0.1) is 0 Å². The van der Waals surface area contributed by atoms with E-state index in [1.165, 1.54) is 20.1 Å². The second-order valence-electron chi connectivity index (χ2n) is 13.7. The van der Waals surface area contributed by atoms with Gasteiger partial charge in [-0.3, -0.25) is 19.2 Å². The Morgan fingerprint density at radius 1 is 0.805 bits per heavy atom. The van der Waals surface area contributed by atoms with Crippen LogP contribution in [0, 0.1) is 21.7 Å². The van der Waals surface area contributed by atoms with E-state index >= 15 is 0 Å². The molecule has 0 amide bonds. The van der Waals surface area contributed by atoms with Crippen LogP contribution in [0.15, 0.2) is 12.7 Å². The number of rotatable bonds is 17. The standard InChI is InChI=1S/C32H54O9/c1-11-29(5,6)41-27(37)30(7,12-2)21-31(8,24(33)34)22-32(9,26(36)39-19-18-38-10)20-28(3,4)25(35)40-23-16-14-13-15-17-23/h11,23H,1,12-22H2,2-10H3,(H,33,34). The Hall–Kier alpha value is -2.42.